The number of hydrogen-bond donors (Lipinski definition) is 2. The fraction of sp³-hybridized carbons (Fsp3) is 0.917. The summed E-state index contributed by atoms with van der Waals surface area (Å²) < 4.78 is 0. The van der Waals surface area contributed by atoms with Crippen LogP contribution in [0.1, 0.15) is 32.1 Å². The van der Waals surface area contributed by atoms with Crippen LogP contribution in [0.2, 0.25) is 0 Å². The molecule has 1 saturated heterocycles. The number of carbonyl (C=O) groups excluding carboxylic acids is 1. The number of carbonyl (C=O) groups is 1. The topological polar surface area (TPSA) is 52.6 Å². The molecule has 2 fully saturated rings. The predicted octanol–water partition coefficient (Wildman–Crippen LogP) is 0.359. The summed E-state index contributed by atoms with van der Waals surface area (Å²) in [7, 11) is 1.82. The summed E-state index contributed by atoms with van der Waals surface area (Å²) in [6.45, 7) is 2.23. The summed E-state index contributed by atoms with van der Waals surface area (Å²) in [6.07, 6.45) is 4.79. The van der Waals surface area contributed by atoms with E-state index in [0.717, 1.165) is 45.2 Å². The van der Waals surface area contributed by atoms with Gasteiger partial charge < -0.3 is 15.3 Å². The normalized spacial score (nSPS) is 28.2. The second-order valence-corrected chi connectivity index (χ2v) is 5.32. The molecule has 0 radical (unpaired) electrons. The second kappa shape index (κ2) is 4.72. The van der Waals surface area contributed by atoms with E-state index in [0.29, 0.717) is 6.54 Å². The molecule has 16 heavy (non-hydrogen) atoms. The van der Waals surface area contributed by atoms with Gasteiger partial charge in [-0.05, 0) is 25.8 Å². The Kier molecular flexibility index (Phi) is 3.50. The molecule has 1 atom stereocenters. The zero-order chi connectivity index (χ0) is 11.6. The molecule has 2 aliphatic rings. The summed E-state index contributed by atoms with van der Waals surface area (Å²) in [4.78, 5) is 13.8. The van der Waals surface area contributed by atoms with E-state index < -0.39 is 5.60 Å². The molecule has 1 saturated carbocycles. The van der Waals surface area contributed by atoms with Crippen molar-refractivity contribution >= 4 is 5.91 Å². The van der Waals surface area contributed by atoms with Crippen LogP contribution >= 0.6 is 0 Å². The van der Waals surface area contributed by atoms with Crippen LogP contribution in [-0.2, 0) is 4.79 Å². The fourth-order valence-corrected chi connectivity index (χ4v) is 2.89. The number of aliphatic hydroxyl groups is 1. The second-order valence-electron chi connectivity index (χ2n) is 5.32. The van der Waals surface area contributed by atoms with Crippen LogP contribution in [0.3, 0.4) is 0 Å². The SMILES string of the molecule is CN(CC1(O)CCCC1)C(=O)C1CCNC1. The number of amides is 1. The average Bonchev–Trinajstić information content (AvgIpc) is 2.87. The third-order valence-electron chi connectivity index (χ3n) is 3.85. The molecule has 0 aromatic carbocycles. The molecule has 0 bridgehead atoms. The van der Waals surface area contributed by atoms with E-state index in [1.807, 2.05) is 7.05 Å². The van der Waals surface area contributed by atoms with Gasteiger partial charge in [-0.15, -0.1) is 0 Å². The molecule has 0 spiro atoms. The lowest BCUT2D eigenvalue weighted by Crippen LogP contribution is -2.44. The third kappa shape index (κ3) is 2.55. The Balaban J connectivity index is 1.86. The highest BCUT2D eigenvalue weighted by Crippen LogP contribution is 2.30. The van der Waals surface area contributed by atoms with E-state index in [1.54, 1.807) is 4.90 Å². The van der Waals surface area contributed by atoms with E-state index >= 15 is 0 Å². The van der Waals surface area contributed by atoms with Gasteiger partial charge in [-0.2, -0.15) is 0 Å². The molecule has 1 aliphatic carbocycles. The van der Waals surface area contributed by atoms with Crippen LogP contribution < -0.4 is 5.32 Å². The predicted molar refractivity (Wildman–Crippen MR) is 62.0 cm³/mol. The van der Waals surface area contributed by atoms with Gasteiger partial charge in [-0.25, -0.2) is 0 Å². The largest absolute Gasteiger partial charge is 0.388 e. The Hall–Kier alpha value is -0.610. The lowest BCUT2D eigenvalue weighted by Gasteiger charge is -2.30. The molecule has 2 N–H and O–H groups in total. The Morgan fingerprint density at radius 2 is 2.19 bits per heavy atom. The van der Waals surface area contributed by atoms with E-state index in [2.05, 4.69) is 5.32 Å². The van der Waals surface area contributed by atoms with Crippen LogP contribution in [0, 0.1) is 5.92 Å². The summed E-state index contributed by atoms with van der Waals surface area (Å²) in [5, 5.41) is 13.4. The maximum Gasteiger partial charge on any atom is 0.226 e. The molecule has 2 rings (SSSR count). The first kappa shape index (κ1) is 11.9. The van der Waals surface area contributed by atoms with E-state index in [1.165, 1.54) is 0 Å². The van der Waals surface area contributed by atoms with Crippen molar-refractivity contribution in [2.24, 2.45) is 5.92 Å². The molecule has 1 aliphatic heterocycles. The van der Waals surface area contributed by atoms with E-state index in [4.69, 9.17) is 0 Å². The van der Waals surface area contributed by atoms with Crippen molar-refractivity contribution in [3.8, 4) is 0 Å². The third-order valence-corrected chi connectivity index (χ3v) is 3.85. The monoisotopic (exact) mass is 226 g/mol. The Morgan fingerprint density at radius 3 is 2.75 bits per heavy atom. The Labute approximate surface area is 97.0 Å². The minimum atomic E-state index is -0.615. The van der Waals surface area contributed by atoms with Gasteiger partial charge >= 0.3 is 0 Å². The quantitative estimate of drug-likeness (QED) is 0.730. The van der Waals surface area contributed by atoms with Crippen LogP contribution in [-0.4, -0.2) is 48.2 Å². The van der Waals surface area contributed by atoms with E-state index in [-0.39, 0.29) is 11.8 Å². The lowest BCUT2D eigenvalue weighted by molar-refractivity contribution is -0.136. The average molecular weight is 226 g/mol. The Morgan fingerprint density at radius 1 is 1.50 bits per heavy atom. The van der Waals surface area contributed by atoms with Crippen molar-refractivity contribution in [1.82, 2.24) is 10.2 Å². The summed E-state index contributed by atoms with van der Waals surface area (Å²) in [5.41, 5.74) is -0.615. The van der Waals surface area contributed by atoms with Crippen molar-refractivity contribution < 1.29 is 9.90 Å². The van der Waals surface area contributed by atoms with Crippen LogP contribution in [0.5, 0.6) is 0 Å². The minimum Gasteiger partial charge on any atom is -0.388 e. The number of nitrogens with one attached hydrogen (secondary N) is 1. The zero-order valence-electron chi connectivity index (χ0n) is 10.0. The summed E-state index contributed by atoms with van der Waals surface area (Å²) in [6, 6.07) is 0. The minimum absolute atomic E-state index is 0.120. The summed E-state index contributed by atoms with van der Waals surface area (Å²) >= 11 is 0. The number of rotatable bonds is 3. The first-order valence-corrected chi connectivity index (χ1v) is 6.29. The number of nitrogens with zero attached hydrogens (tertiary/aromatic N) is 1. The summed E-state index contributed by atoms with van der Waals surface area (Å²) in [5.74, 6) is 0.306. The highest BCUT2D eigenvalue weighted by molar-refractivity contribution is 5.79. The highest BCUT2D eigenvalue weighted by Gasteiger charge is 2.35. The molecule has 0 aromatic rings. The lowest BCUT2D eigenvalue weighted by atomic mass is 10.0. The molecule has 0 aromatic heterocycles. The van der Waals surface area contributed by atoms with Gasteiger partial charge in [-0.3, -0.25) is 4.79 Å². The number of likely N-dealkylation sites (N-methyl/N-ethyl adjacent to an activating group) is 1. The maximum absolute atomic E-state index is 12.1. The molecule has 1 unspecified atom stereocenters. The van der Waals surface area contributed by atoms with Crippen molar-refractivity contribution in [3.63, 3.8) is 0 Å². The molecular weight excluding hydrogens is 204 g/mol. The van der Waals surface area contributed by atoms with Crippen molar-refractivity contribution in [3.05, 3.63) is 0 Å². The van der Waals surface area contributed by atoms with Gasteiger partial charge in [0.05, 0.1) is 11.5 Å². The fourth-order valence-electron chi connectivity index (χ4n) is 2.89. The van der Waals surface area contributed by atoms with Gasteiger partial charge in [-0.1, -0.05) is 12.8 Å². The molecular formula is C12H22N2O2. The first-order valence-electron chi connectivity index (χ1n) is 6.29. The first-order chi connectivity index (χ1) is 7.61. The van der Waals surface area contributed by atoms with Gasteiger partial charge in [0.25, 0.3) is 0 Å². The molecule has 1 amide bonds. The maximum atomic E-state index is 12.1. The standard InChI is InChI=1S/C12H22N2O2/c1-14(9-12(16)5-2-3-6-12)11(15)10-4-7-13-8-10/h10,13,16H,2-9H2,1H3. The zero-order valence-corrected chi connectivity index (χ0v) is 10.0. The molecule has 1 heterocycles. The van der Waals surface area contributed by atoms with Gasteiger partial charge in [0, 0.05) is 20.1 Å². The van der Waals surface area contributed by atoms with Gasteiger partial charge in [0.1, 0.15) is 0 Å². The van der Waals surface area contributed by atoms with Crippen molar-refractivity contribution in [1.29, 1.82) is 0 Å². The Bertz CT molecular complexity index is 256. The molecule has 92 valence electrons. The highest BCUT2D eigenvalue weighted by atomic mass is 16.3. The molecule has 4 nitrogen and oxygen atoms in total. The number of hydrogen-bond acceptors (Lipinski definition) is 3. The van der Waals surface area contributed by atoms with Gasteiger partial charge in [0.15, 0.2) is 0 Å². The van der Waals surface area contributed by atoms with Crippen LogP contribution in [0.25, 0.3) is 0 Å². The van der Waals surface area contributed by atoms with Crippen molar-refractivity contribution in [2.45, 2.75) is 37.7 Å². The van der Waals surface area contributed by atoms with Gasteiger partial charge in [0.2, 0.25) is 5.91 Å². The van der Waals surface area contributed by atoms with Crippen LogP contribution in [0.15, 0.2) is 0 Å². The smallest absolute Gasteiger partial charge is 0.226 e. The van der Waals surface area contributed by atoms with Crippen molar-refractivity contribution in [2.75, 3.05) is 26.7 Å². The van der Waals surface area contributed by atoms with E-state index in [9.17, 15) is 9.90 Å². The van der Waals surface area contributed by atoms with Crippen LogP contribution in [0.4, 0.5) is 0 Å². The molecule has 4 heteroatoms.